The van der Waals surface area contributed by atoms with Crippen molar-refractivity contribution in [3.63, 3.8) is 0 Å². The van der Waals surface area contributed by atoms with Crippen molar-refractivity contribution in [3.8, 4) is 0 Å². The van der Waals surface area contributed by atoms with Gasteiger partial charge >= 0.3 is 0 Å². The summed E-state index contributed by atoms with van der Waals surface area (Å²) in [6.07, 6.45) is 3.85. The number of piperazine rings is 1. The minimum atomic E-state index is -0.147. The van der Waals surface area contributed by atoms with Crippen LogP contribution in [0.2, 0.25) is 0 Å². The number of carbonyl (C=O) groups excluding carboxylic acids is 3. The van der Waals surface area contributed by atoms with Gasteiger partial charge in [-0.3, -0.25) is 19.3 Å². The predicted octanol–water partition coefficient (Wildman–Crippen LogP) is 1.00. The Kier molecular flexibility index (Phi) is 5.62. The van der Waals surface area contributed by atoms with Crippen molar-refractivity contribution in [1.29, 1.82) is 0 Å². The molecule has 1 saturated heterocycles. The van der Waals surface area contributed by atoms with Crippen LogP contribution in [0.4, 0.5) is 5.69 Å². The minimum Gasteiger partial charge on any atom is -0.352 e. The lowest BCUT2D eigenvalue weighted by atomic mass is 9.89. The summed E-state index contributed by atoms with van der Waals surface area (Å²) in [5, 5.41) is 5.95. The Morgan fingerprint density at radius 3 is 2.61 bits per heavy atom. The number of para-hydroxylation sites is 1. The van der Waals surface area contributed by atoms with E-state index < -0.39 is 0 Å². The van der Waals surface area contributed by atoms with Crippen LogP contribution in [-0.2, 0) is 20.8 Å². The van der Waals surface area contributed by atoms with Gasteiger partial charge in [0, 0.05) is 50.2 Å². The van der Waals surface area contributed by atoms with Crippen molar-refractivity contribution in [2.24, 2.45) is 5.92 Å². The zero-order valence-electron chi connectivity index (χ0n) is 16.2. The number of carbonyl (C=O) groups is 3. The molecule has 0 bridgehead atoms. The summed E-state index contributed by atoms with van der Waals surface area (Å²) < 4.78 is 0. The second-order valence-electron chi connectivity index (χ2n) is 8.08. The fraction of sp³-hybridized carbons (Fsp3) is 0.571. The quantitative estimate of drug-likeness (QED) is 0.767. The highest BCUT2D eigenvalue weighted by Gasteiger charge is 2.29. The molecule has 1 aliphatic carbocycles. The second kappa shape index (κ2) is 8.31. The summed E-state index contributed by atoms with van der Waals surface area (Å²) in [5.41, 5.74) is 2.02. The molecule has 1 unspecified atom stereocenters. The van der Waals surface area contributed by atoms with Crippen LogP contribution in [0.25, 0.3) is 0 Å². The van der Waals surface area contributed by atoms with Crippen molar-refractivity contribution >= 4 is 23.4 Å². The average Bonchev–Trinajstić information content (AvgIpc) is 3.50. The topological polar surface area (TPSA) is 81.8 Å². The molecule has 1 aromatic rings. The molecule has 3 amide bonds. The van der Waals surface area contributed by atoms with Crippen LogP contribution < -0.4 is 10.6 Å². The largest absolute Gasteiger partial charge is 0.352 e. The first-order chi connectivity index (χ1) is 13.6. The smallest absolute Gasteiger partial charge is 0.234 e. The second-order valence-corrected chi connectivity index (χ2v) is 8.08. The Labute approximate surface area is 165 Å². The zero-order valence-corrected chi connectivity index (χ0v) is 16.2. The molecule has 2 heterocycles. The van der Waals surface area contributed by atoms with E-state index in [1.807, 2.05) is 29.2 Å². The normalized spacial score (nSPS) is 22.4. The number of nitrogens with zero attached hydrogens (tertiary/aromatic N) is 2. The van der Waals surface area contributed by atoms with Gasteiger partial charge in [0.15, 0.2) is 0 Å². The Morgan fingerprint density at radius 2 is 1.86 bits per heavy atom. The van der Waals surface area contributed by atoms with Gasteiger partial charge < -0.3 is 15.5 Å². The number of benzene rings is 1. The van der Waals surface area contributed by atoms with Gasteiger partial charge in [-0.25, -0.2) is 0 Å². The number of nitrogens with one attached hydrogen (secondary N) is 2. The number of amides is 3. The third-order valence-electron chi connectivity index (χ3n) is 5.85. The lowest BCUT2D eigenvalue weighted by Gasteiger charge is -2.34. The highest BCUT2D eigenvalue weighted by atomic mass is 16.2. The molecular formula is C21H28N4O3. The fourth-order valence-corrected chi connectivity index (χ4v) is 3.96. The van der Waals surface area contributed by atoms with E-state index in [1.54, 1.807) is 0 Å². The maximum absolute atomic E-state index is 12.6. The van der Waals surface area contributed by atoms with Crippen molar-refractivity contribution in [2.45, 2.75) is 38.1 Å². The summed E-state index contributed by atoms with van der Waals surface area (Å²) in [5.74, 6) is 0.0591. The van der Waals surface area contributed by atoms with Gasteiger partial charge in [-0.2, -0.15) is 0 Å². The highest BCUT2D eigenvalue weighted by Crippen LogP contribution is 2.27. The first-order valence-electron chi connectivity index (χ1n) is 10.3. The zero-order chi connectivity index (χ0) is 19.5. The van der Waals surface area contributed by atoms with E-state index in [9.17, 15) is 14.4 Å². The van der Waals surface area contributed by atoms with Crippen molar-refractivity contribution in [2.75, 3.05) is 38.0 Å². The van der Waals surface area contributed by atoms with Crippen molar-refractivity contribution in [3.05, 3.63) is 29.8 Å². The van der Waals surface area contributed by atoms with E-state index in [-0.39, 0.29) is 23.6 Å². The van der Waals surface area contributed by atoms with E-state index in [4.69, 9.17) is 0 Å². The molecule has 0 aromatic heterocycles. The molecule has 1 atom stereocenters. The maximum atomic E-state index is 12.6. The van der Waals surface area contributed by atoms with Crippen LogP contribution in [0.1, 0.15) is 31.2 Å². The fourth-order valence-electron chi connectivity index (χ4n) is 3.96. The highest BCUT2D eigenvalue weighted by molar-refractivity contribution is 5.96. The molecule has 28 heavy (non-hydrogen) atoms. The molecule has 2 fully saturated rings. The number of rotatable bonds is 6. The molecule has 1 saturated carbocycles. The molecule has 150 valence electrons. The summed E-state index contributed by atoms with van der Waals surface area (Å²) in [6.45, 7) is 3.16. The number of fused-ring (bicyclic) bond motifs is 1. The van der Waals surface area contributed by atoms with E-state index in [2.05, 4.69) is 15.5 Å². The molecule has 7 nitrogen and oxygen atoms in total. The first-order valence-corrected chi connectivity index (χ1v) is 10.3. The maximum Gasteiger partial charge on any atom is 0.234 e. The molecule has 3 aliphatic rings. The minimum absolute atomic E-state index is 0.0120. The standard InChI is InChI=1S/C21H28N4O3/c26-19(22-17-6-7-17)14-24-9-11-25(12-10-24)20(27)8-5-16-13-15-3-1-2-4-18(15)23-21(16)28/h1-4,16-17H,5-14H2,(H,22,26)(H,23,28). The van der Waals surface area contributed by atoms with Crippen LogP contribution >= 0.6 is 0 Å². The monoisotopic (exact) mass is 384 g/mol. The van der Waals surface area contributed by atoms with E-state index in [1.165, 1.54) is 0 Å². The molecule has 0 spiro atoms. The van der Waals surface area contributed by atoms with Crippen molar-refractivity contribution in [1.82, 2.24) is 15.1 Å². The lowest BCUT2D eigenvalue weighted by Crippen LogP contribution is -2.51. The summed E-state index contributed by atoms with van der Waals surface area (Å²) in [4.78, 5) is 40.7. The van der Waals surface area contributed by atoms with E-state index in [0.717, 1.165) is 37.2 Å². The lowest BCUT2D eigenvalue weighted by molar-refractivity contribution is -0.133. The summed E-state index contributed by atoms with van der Waals surface area (Å²) in [6, 6.07) is 8.22. The van der Waals surface area contributed by atoms with E-state index in [0.29, 0.717) is 44.9 Å². The van der Waals surface area contributed by atoms with Crippen LogP contribution in [0, 0.1) is 5.92 Å². The Bertz CT molecular complexity index is 754. The van der Waals surface area contributed by atoms with Crippen LogP contribution in [0.15, 0.2) is 24.3 Å². The van der Waals surface area contributed by atoms with Gasteiger partial charge in [0.1, 0.15) is 0 Å². The third kappa shape index (κ3) is 4.70. The number of hydrogen-bond acceptors (Lipinski definition) is 4. The molecule has 2 N–H and O–H groups in total. The van der Waals surface area contributed by atoms with Gasteiger partial charge in [-0.15, -0.1) is 0 Å². The molecule has 4 rings (SSSR count). The van der Waals surface area contributed by atoms with Crippen molar-refractivity contribution < 1.29 is 14.4 Å². The van der Waals surface area contributed by atoms with Gasteiger partial charge in [-0.05, 0) is 37.3 Å². The molecular weight excluding hydrogens is 356 g/mol. The summed E-state index contributed by atoms with van der Waals surface area (Å²) >= 11 is 0. The van der Waals surface area contributed by atoms with Crippen LogP contribution in [0.5, 0.6) is 0 Å². The Morgan fingerprint density at radius 1 is 1.11 bits per heavy atom. The predicted molar refractivity (Wildman–Crippen MR) is 106 cm³/mol. The van der Waals surface area contributed by atoms with Crippen LogP contribution in [0.3, 0.4) is 0 Å². The molecule has 7 heteroatoms. The number of anilines is 1. The number of hydrogen-bond donors (Lipinski definition) is 2. The van der Waals surface area contributed by atoms with Gasteiger partial charge in [0.05, 0.1) is 6.54 Å². The Balaban J connectivity index is 1.19. The van der Waals surface area contributed by atoms with E-state index >= 15 is 0 Å². The van der Waals surface area contributed by atoms with Crippen LogP contribution in [-0.4, -0.2) is 66.3 Å². The first kappa shape index (κ1) is 18.9. The van der Waals surface area contributed by atoms with Gasteiger partial charge in [-0.1, -0.05) is 18.2 Å². The Hall–Kier alpha value is -2.41. The molecule has 2 aliphatic heterocycles. The van der Waals surface area contributed by atoms with Gasteiger partial charge in [0.25, 0.3) is 0 Å². The summed E-state index contributed by atoms with van der Waals surface area (Å²) in [7, 11) is 0. The van der Waals surface area contributed by atoms with Gasteiger partial charge in [0.2, 0.25) is 17.7 Å². The molecule has 1 aromatic carbocycles. The average molecular weight is 384 g/mol. The molecule has 0 radical (unpaired) electrons. The SMILES string of the molecule is O=C(CN1CCN(C(=O)CCC2Cc3ccccc3NC2=O)CC1)NC1CC1. The third-order valence-corrected chi connectivity index (χ3v) is 5.85.